The van der Waals surface area contributed by atoms with Crippen LogP contribution in [0.1, 0.15) is 30.8 Å². The first-order valence-corrected chi connectivity index (χ1v) is 6.77. The van der Waals surface area contributed by atoms with Crippen LogP contribution in [0.25, 0.3) is 0 Å². The molecule has 0 spiro atoms. The van der Waals surface area contributed by atoms with Crippen molar-refractivity contribution in [2.24, 2.45) is 5.73 Å². The highest BCUT2D eigenvalue weighted by Gasteiger charge is 2.09. The molecular weight excluding hydrogens is 252 g/mol. The summed E-state index contributed by atoms with van der Waals surface area (Å²) in [5, 5.41) is 12.0. The number of ether oxygens (including phenoxy) is 1. The molecule has 0 fully saturated rings. The van der Waals surface area contributed by atoms with Crippen molar-refractivity contribution in [3.05, 3.63) is 47.3 Å². The number of hydrogen-bond donors (Lipinski definition) is 2. The molecule has 5 heteroatoms. The molecule has 0 aliphatic carbocycles. The van der Waals surface area contributed by atoms with Crippen molar-refractivity contribution < 1.29 is 4.74 Å². The highest BCUT2D eigenvalue weighted by Crippen LogP contribution is 2.19. The fourth-order valence-corrected chi connectivity index (χ4v) is 2.04. The van der Waals surface area contributed by atoms with Gasteiger partial charge in [0.25, 0.3) is 0 Å². The van der Waals surface area contributed by atoms with Gasteiger partial charge in [-0.3, -0.25) is 10.1 Å². The largest absolute Gasteiger partial charge is 0.487 e. The highest BCUT2D eigenvalue weighted by atomic mass is 16.5. The first-order valence-electron chi connectivity index (χ1n) is 6.77. The van der Waals surface area contributed by atoms with Crippen LogP contribution in [0.4, 0.5) is 0 Å². The van der Waals surface area contributed by atoms with E-state index in [1.165, 1.54) is 0 Å². The lowest BCUT2D eigenvalue weighted by Crippen LogP contribution is -2.13. The third kappa shape index (κ3) is 2.99. The van der Waals surface area contributed by atoms with Gasteiger partial charge in [-0.25, -0.2) is 0 Å². The number of amidine groups is 1. The fourth-order valence-electron chi connectivity index (χ4n) is 2.04. The molecule has 3 N–H and O–H groups in total. The molecule has 0 saturated heterocycles. The molecule has 1 heterocycles. The molecule has 5 nitrogen and oxygen atoms in total. The summed E-state index contributed by atoms with van der Waals surface area (Å²) >= 11 is 0. The fraction of sp³-hybridized carbons (Fsp3) is 0.333. The monoisotopic (exact) mass is 272 g/mol. The zero-order chi connectivity index (χ0) is 14.5. The number of para-hydroxylation sites is 1. The molecule has 0 saturated carbocycles. The lowest BCUT2D eigenvalue weighted by atomic mass is 10.2. The van der Waals surface area contributed by atoms with Crippen molar-refractivity contribution in [1.29, 1.82) is 5.41 Å². The van der Waals surface area contributed by atoms with Gasteiger partial charge in [0.1, 0.15) is 18.2 Å². The SMILES string of the molecule is CCc1cc(COc2ccccc2C(=N)N)n(CC)n1. The van der Waals surface area contributed by atoms with E-state index < -0.39 is 0 Å². The Balaban J connectivity index is 2.16. The van der Waals surface area contributed by atoms with E-state index in [1.54, 1.807) is 6.07 Å². The zero-order valence-corrected chi connectivity index (χ0v) is 11.9. The van der Waals surface area contributed by atoms with E-state index in [-0.39, 0.29) is 5.84 Å². The van der Waals surface area contributed by atoms with Gasteiger partial charge in [-0.15, -0.1) is 0 Å². The lowest BCUT2D eigenvalue weighted by molar-refractivity contribution is 0.292. The molecule has 2 rings (SSSR count). The smallest absolute Gasteiger partial charge is 0.130 e. The lowest BCUT2D eigenvalue weighted by Gasteiger charge is -2.11. The number of nitrogen functional groups attached to an aromatic ring is 1. The van der Waals surface area contributed by atoms with Crippen LogP contribution in [0.2, 0.25) is 0 Å². The number of benzene rings is 1. The molecule has 0 unspecified atom stereocenters. The van der Waals surface area contributed by atoms with E-state index in [1.807, 2.05) is 22.9 Å². The van der Waals surface area contributed by atoms with Crippen molar-refractivity contribution in [1.82, 2.24) is 9.78 Å². The molecule has 1 aromatic heterocycles. The first-order chi connectivity index (χ1) is 9.65. The van der Waals surface area contributed by atoms with Gasteiger partial charge in [-0.05, 0) is 31.5 Å². The van der Waals surface area contributed by atoms with E-state index in [0.29, 0.717) is 17.9 Å². The second-order valence-electron chi connectivity index (χ2n) is 4.49. The summed E-state index contributed by atoms with van der Waals surface area (Å²) < 4.78 is 7.74. The first kappa shape index (κ1) is 14.1. The molecule has 0 radical (unpaired) electrons. The topological polar surface area (TPSA) is 76.9 Å². The molecule has 0 amide bonds. The van der Waals surface area contributed by atoms with Crippen LogP contribution < -0.4 is 10.5 Å². The number of nitrogens with two attached hydrogens (primary N) is 1. The Morgan fingerprint density at radius 2 is 2.10 bits per heavy atom. The second kappa shape index (κ2) is 6.23. The molecule has 2 aromatic rings. The van der Waals surface area contributed by atoms with Crippen molar-refractivity contribution >= 4 is 5.84 Å². The number of nitrogens with zero attached hydrogens (tertiary/aromatic N) is 2. The molecule has 1 aromatic carbocycles. The second-order valence-corrected chi connectivity index (χ2v) is 4.49. The van der Waals surface area contributed by atoms with Crippen molar-refractivity contribution in [3.63, 3.8) is 0 Å². The van der Waals surface area contributed by atoms with Crippen LogP contribution in [0.5, 0.6) is 5.75 Å². The normalized spacial score (nSPS) is 10.5. The predicted molar refractivity (Wildman–Crippen MR) is 79.1 cm³/mol. The summed E-state index contributed by atoms with van der Waals surface area (Å²) in [4.78, 5) is 0. The van der Waals surface area contributed by atoms with E-state index in [9.17, 15) is 0 Å². The van der Waals surface area contributed by atoms with Gasteiger partial charge in [0.2, 0.25) is 0 Å². The average Bonchev–Trinajstić information content (AvgIpc) is 2.87. The summed E-state index contributed by atoms with van der Waals surface area (Å²) in [6.07, 6.45) is 0.907. The summed E-state index contributed by atoms with van der Waals surface area (Å²) in [6, 6.07) is 9.38. The number of hydrogen-bond acceptors (Lipinski definition) is 3. The van der Waals surface area contributed by atoms with Crippen LogP contribution in [0.3, 0.4) is 0 Å². The highest BCUT2D eigenvalue weighted by molar-refractivity contribution is 5.97. The quantitative estimate of drug-likeness (QED) is 0.626. The molecular formula is C15H20N4O. The Bertz CT molecular complexity index is 604. The van der Waals surface area contributed by atoms with E-state index in [0.717, 1.165) is 24.4 Å². The third-order valence-electron chi connectivity index (χ3n) is 3.13. The van der Waals surface area contributed by atoms with E-state index >= 15 is 0 Å². The van der Waals surface area contributed by atoms with Gasteiger partial charge in [-0.2, -0.15) is 5.10 Å². The summed E-state index contributed by atoms with van der Waals surface area (Å²) in [7, 11) is 0. The maximum atomic E-state index is 7.55. The number of nitrogens with one attached hydrogen (secondary N) is 1. The van der Waals surface area contributed by atoms with Gasteiger partial charge >= 0.3 is 0 Å². The molecule has 0 aliphatic heterocycles. The maximum absolute atomic E-state index is 7.55. The third-order valence-corrected chi connectivity index (χ3v) is 3.13. The van der Waals surface area contributed by atoms with Crippen LogP contribution >= 0.6 is 0 Å². The summed E-state index contributed by atoms with van der Waals surface area (Å²) in [6.45, 7) is 5.37. The standard InChI is InChI=1S/C15H20N4O/c1-3-11-9-12(19(4-2)18-11)10-20-14-8-6-5-7-13(14)15(16)17/h5-9H,3-4,10H2,1-2H3,(H3,16,17). The van der Waals surface area contributed by atoms with Crippen LogP contribution in [0.15, 0.2) is 30.3 Å². The van der Waals surface area contributed by atoms with E-state index in [4.69, 9.17) is 15.9 Å². The van der Waals surface area contributed by atoms with Crippen molar-refractivity contribution in [2.45, 2.75) is 33.4 Å². The predicted octanol–water partition coefficient (Wildman–Crippen LogP) is 2.33. The average molecular weight is 272 g/mol. The van der Waals surface area contributed by atoms with Gasteiger partial charge in [0.15, 0.2) is 0 Å². The Kier molecular flexibility index (Phi) is 4.40. The maximum Gasteiger partial charge on any atom is 0.130 e. The Morgan fingerprint density at radius 3 is 2.75 bits per heavy atom. The number of rotatable bonds is 6. The van der Waals surface area contributed by atoms with Gasteiger partial charge < -0.3 is 10.5 Å². The van der Waals surface area contributed by atoms with Crippen LogP contribution in [-0.4, -0.2) is 15.6 Å². The minimum atomic E-state index is 0.0128. The molecule has 0 aliphatic rings. The minimum Gasteiger partial charge on any atom is -0.487 e. The Morgan fingerprint density at radius 1 is 1.35 bits per heavy atom. The number of aryl methyl sites for hydroxylation is 2. The van der Waals surface area contributed by atoms with E-state index in [2.05, 4.69) is 25.0 Å². The zero-order valence-electron chi connectivity index (χ0n) is 11.9. The molecule has 20 heavy (non-hydrogen) atoms. The Hall–Kier alpha value is -2.30. The number of aromatic nitrogens is 2. The summed E-state index contributed by atoms with van der Waals surface area (Å²) in [5.41, 5.74) is 8.26. The Labute approximate surface area is 118 Å². The van der Waals surface area contributed by atoms with Crippen molar-refractivity contribution in [2.75, 3.05) is 0 Å². The molecule has 106 valence electrons. The van der Waals surface area contributed by atoms with Gasteiger partial charge in [0, 0.05) is 6.54 Å². The minimum absolute atomic E-state index is 0.0128. The van der Waals surface area contributed by atoms with Gasteiger partial charge in [-0.1, -0.05) is 19.1 Å². The van der Waals surface area contributed by atoms with Crippen molar-refractivity contribution in [3.8, 4) is 5.75 Å². The summed E-state index contributed by atoms with van der Waals surface area (Å²) in [5.74, 6) is 0.640. The van der Waals surface area contributed by atoms with Gasteiger partial charge in [0.05, 0.1) is 17.0 Å². The molecule has 0 bridgehead atoms. The molecule has 0 atom stereocenters. The van der Waals surface area contributed by atoms with Crippen LogP contribution in [-0.2, 0) is 19.6 Å². The van der Waals surface area contributed by atoms with Crippen LogP contribution in [0, 0.1) is 5.41 Å².